The highest BCUT2D eigenvalue weighted by Gasteiger charge is 2.35. The third kappa shape index (κ3) is 2.59. The second-order valence-corrected chi connectivity index (χ2v) is 5.33. The lowest BCUT2D eigenvalue weighted by atomic mass is 9.63. The Bertz CT molecular complexity index is 167. The van der Waals surface area contributed by atoms with Gasteiger partial charge in [-0.1, -0.05) is 39.7 Å². The number of hydrogen-bond donors (Lipinski definition) is 0. The molecule has 0 aliphatic heterocycles. The molecule has 0 aromatic carbocycles. The highest BCUT2D eigenvalue weighted by Crippen LogP contribution is 2.45. The Morgan fingerprint density at radius 3 is 2.69 bits per heavy atom. The number of hydrogen-bond acceptors (Lipinski definition) is 0. The Kier molecular flexibility index (Phi) is 3.58. The highest BCUT2D eigenvalue weighted by molar-refractivity contribution is 4.87. The molecule has 0 nitrogen and oxygen atoms in total. The summed E-state index contributed by atoms with van der Waals surface area (Å²) in [6, 6.07) is 0. The molecule has 2 unspecified atom stereocenters. The fraction of sp³-hybridized carbons (Fsp3) is 0.846. The Hall–Kier alpha value is -0.260. The van der Waals surface area contributed by atoms with Gasteiger partial charge in [0.1, 0.15) is 0 Å². The molecule has 1 saturated carbocycles. The van der Waals surface area contributed by atoms with Gasteiger partial charge in [0.25, 0.3) is 0 Å². The van der Waals surface area contributed by atoms with Crippen LogP contribution in [0.15, 0.2) is 12.7 Å². The summed E-state index contributed by atoms with van der Waals surface area (Å²) in [5.74, 6) is 1.84. The van der Waals surface area contributed by atoms with Crippen LogP contribution in [0.5, 0.6) is 0 Å². The Balaban J connectivity index is 2.57. The van der Waals surface area contributed by atoms with Gasteiger partial charge in [0, 0.05) is 0 Å². The van der Waals surface area contributed by atoms with E-state index in [-0.39, 0.29) is 0 Å². The zero-order valence-electron chi connectivity index (χ0n) is 9.47. The van der Waals surface area contributed by atoms with Gasteiger partial charge in [-0.3, -0.25) is 0 Å². The molecule has 76 valence electrons. The molecular weight excluding hydrogens is 156 g/mol. The summed E-state index contributed by atoms with van der Waals surface area (Å²) in [4.78, 5) is 0. The summed E-state index contributed by atoms with van der Waals surface area (Å²) in [6.45, 7) is 11.1. The van der Waals surface area contributed by atoms with Crippen LogP contribution in [0, 0.1) is 17.3 Å². The Morgan fingerprint density at radius 1 is 1.46 bits per heavy atom. The van der Waals surface area contributed by atoms with Crippen molar-refractivity contribution in [2.75, 3.05) is 0 Å². The van der Waals surface area contributed by atoms with Gasteiger partial charge in [0.15, 0.2) is 0 Å². The topological polar surface area (TPSA) is 0 Å². The van der Waals surface area contributed by atoms with Crippen LogP contribution in [0.25, 0.3) is 0 Å². The number of allylic oxidation sites excluding steroid dienone is 1. The van der Waals surface area contributed by atoms with Crippen molar-refractivity contribution < 1.29 is 0 Å². The van der Waals surface area contributed by atoms with Crippen LogP contribution in [-0.4, -0.2) is 0 Å². The van der Waals surface area contributed by atoms with Crippen molar-refractivity contribution in [3.05, 3.63) is 12.7 Å². The predicted octanol–water partition coefficient (Wildman–Crippen LogP) is 4.42. The van der Waals surface area contributed by atoms with Crippen molar-refractivity contribution in [1.29, 1.82) is 0 Å². The minimum Gasteiger partial charge on any atom is -0.103 e. The molecule has 0 N–H and O–H groups in total. The van der Waals surface area contributed by atoms with E-state index in [0.717, 1.165) is 11.8 Å². The first-order valence-corrected chi connectivity index (χ1v) is 5.69. The van der Waals surface area contributed by atoms with Gasteiger partial charge in [-0.05, 0) is 36.5 Å². The van der Waals surface area contributed by atoms with E-state index in [1.807, 2.05) is 0 Å². The van der Waals surface area contributed by atoms with E-state index in [1.165, 1.54) is 32.1 Å². The molecule has 2 atom stereocenters. The van der Waals surface area contributed by atoms with Crippen LogP contribution < -0.4 is 0 Å². The maximum Gasteiger partial charge on any atom is -0.0323 e. The average Bonchev–Trinajstić information content (AvgIpc) is 2.02. The SMILES string of the molecule is C=CCCC1C(C)CCCC1(C)C. The molecular formula is C13H24. The maximum absolute atomic E-state index is 3.82. The van der Waals surface area contributed by atoms with Crippen LogP contribution in [-0.2, 0) is 0 Å². The molecule has 13 heavy (non-hydrogen) atoms. The molecule has 0 aromatic rings. The monoisotopic (exact) mass is 180 g/mol. The van der Waals surface area contributed by atoms with Gasteiger partial charge >= 0.3 is 0 Å². The van der Waals surface area contributed by atoms with Crippen LogP contribution >= 0.6 is 0 Å². The first-order chi connectivity index (χ1) is 6.08. The van der Waals surface area contributed by atoms with Gasteiger partial charge < -0.3 is 0 Å². The van der Waals surface area contributed by atoms with E-state index >= 15 is 0 Å². The van der Waals surface area contributed by atoms with Gasteiger partial charge in [0.05, 0.1) is 0 Å². The summed E-state index contributed by atoms with van der Waals surface area (Å²) < 4.78 is 0. The second kappa shape index (κ2) is 4.30. The van der Waals surface area contributed by atoms with Crippen molar-refractivity contribution in [2.24, 2.45) is 17.3 Å². The van der Waals surface area contributed by atoms with Crippen LogP contribution in [0.2, 0.25) is 0 Å². The number of rotatable bonds is 3. The molecule has 1 fully saturated rings. The lowest BCUT2D eigenvalue weighted by molar-refractivity contribution is 0.0773. The molecule has 0 radical (unpaired) electrons. The third-order valence-corrected chi connectivity index (χ3v) is 3.85. The molecule has 0 heterocycles. The third-order valence-electron chi connectivity index (χ3n) is 3.85. The highest BCUT2D eigenvalue weighted by atomic mass is 14.4. The predicted molar refractivity (Wildman–Crippen MR) is 59.7 cm³/mol. The molecule has 1 aliphatic carbocycles. The van der Waals surface area contributed by atoms with Crippen molar-refractivity contribution in [1.82, 2.24) is 0 Å². The summed E-state index contributed by atoms with van der Waals surface area (Å²) >= 11 is 0. The molecule has 1 rings (SSSR count). The minimum atomic E-state index is 0.570. The molecule has 1 aliphatic rings. The van der Waals surface area contributed by atoms with Gasteiger partial charge in [-0.2, -0.15) is 0 Å². The average molecular weight is 180 g/mol. The van der Waals surface area contributed by atoms with Crippen LogP contribution in [0.1, 0.15) is 52.9 Å². The summed E-state index contributed by atoms with van der Waals surface area (Å²) in [6.07, 6.45) is 8.89. The summed E-state index contributed by atoms with van der Waals surface area (Å²) in [5, 5.41) is 0. The van der Waals surface area contributed by atoms with Crippen molar-refractivity contribution in [3.63, 3.8) is 0 Å². The van der Waals surface area contributed by atoms with E-state index in [0.29, 0.717) is 5.41 Å². The molecule has 0 heteroatoms. The largest absolute Gasteiger partial charge is 0.103 e. The van der Waals surface area contributed by atoms with E-state index in [2.05, 4.69) is 33.4 Å². The smallest absolute Gasteiger partial charge is 0.0323 e. The summed E-state index contributed by atoms with van der Waals surface area (Å²) in [5.41, 5.74) is 0.570. The molecule has 0 amide bonds. The minimum absolute atomic E-state index is 0.570. The summed E-state index contributed by atoms with van der Waals surface area (Å²) in [7, 11) is 0. The van der Waals surface area contributed by atoms with Crippen molar-refractivity contribution >= 4 is 0 Å². The zero-order chi connectivity index (χ0) is 9.90. The van der Waals surface area contributed by atoms with E-state index in [1.54, 1.807) is 0 Å². The van der Waals surface area contributed by atoms with Gasteiger partial charge in [0.2, 0.25) is 0 Å². The van der Waals surface area contributed by atoms with E-state index in [4.69, 9.17) is 0 Å². The van der Waals surface area contributed by atoms with Gasteiger partial charge in [-0.15, -0.1) is 6.58 Å². The molecule has 0 saturated heterocycles. The Morgan fingerprint density at radius 2 is 2.15 bits per heavy atom. The van der Waals surface area contributed by atoms with Crippen molar-refractivity contribution in [3.8, 4) is 0 Å². The van der Waals surface area contributed by atoms with Gasteiger partial charge in [-0.25, -0.2) is 0 Å². The lowest BCUT2D eigenvalue weighted by Crippen LogP contribution is -2.33. The second-order valence-electron chi connectivity index (χ2n) is 5.33. The van der Waals surface area contributed by atoms with E-state index < -0.39 is 0 Å². The lowest BCUT2D eigenvalue weighted by Gasteiger charge is -2.43. The quantitative estimate of drug-likeness (QED) is 0.564. The van der Waals surface area contributed by atoms with E-state index in [9.17, 15) is 0 Å². The zero-order valence-corrected chi connectivity index (χ0v) is 9.47. The standard InChI is InChI=1S/C13H24/c1-5-6-9-12-11(2)8-7-10-13(12,3)4/h5,11-12H,1,6-10H2,2-4H3. The Labute approximate surface area is 83.4 Å². The maximum atomic E-state index is 3.82. The fourth-order valence-corrected chi connectivity index (χ4v) is 3.01. The normalized spacial score (nSPS) is 32.8. The van der Waals surface area contributed by atoms with Crippen molar-refractivity contribution in [2.45, 2.75) is 52.9 Å². The first-order valence-electron chi connectivity index (χ1n) is 5.69. The fourth-order valence-electron chi connectivity index (χ4n) is 3.01. The molecule has 0 bridgehead atoms. The molecule has 0 spiro atoms. The first kappa shape index (κ1) is 10.8. The van der Waals surface area contributed by atoms with Crippen LogP contribution in [0.3, 0.4) is 0 Å². The van der Waals surface area contributed by atoms with Crippen LogP contribution in [0.4, 0.5) is 0 Å². The molecule has 0 aromatic heterocycles.